The van der Waals surface area contributed by atoms with Crippen LogP contribution in [0.15, 0.2) is 35.5 Å². The second-order valence-corrected chi connectivity index (χ2v) is 5.41. The number of hydrogen-bond acceptors (Lipinski definition) is 4. The molecule has 0 aliphatic rings. The number of halogens is 1. The lowest BCUT2D eigenvalue weighted by atomic mass is 10.3. The van der Waals surface area contributed by atoms with Crippen LogP contribution in [0.3, 0.4) is 0 Å². The Hall–Kier alpha value is -0.880. The first kappa shape index (κ1) is 12.6. The van der Waals surface area contributed by atoms with Crippen molar-refractivity contribution < 1.29 is 0 Å². The molecule has 0 saturated carbocycles. The predicted molar refractivity (Wildman–Crippen MR) is 72.8 cm³/mol. The first-order valence-electron chi connectivity index (χ1n) is 5.34. The van der Waals surface area contributed by atoms with Crippen molar-refractivity contribution in [2.24, 2.45) is 5.92 Å². The van der Waals surface area contributed by atoms with E-state index in [4.69, 9.17) is 0 Å². The van der Waals surface area contributed by atoms with E-state index in [-0.39, 0.29) is 0 Å². The molecule has 2 rings (SSSR count). The summed E-state index contributed by atoms with van der Waals surface area (Å²) in [6.45, 7) is 2.19. The molecule has 90 valence electrons. The fourth-order valence-corrected chi connectivity index (χ4v) is 2.70. The summed E-state index contributed by atoms with van der Waals surface area (Å²) in [6.07, 6.45) is 0. The molecule has 1 heterocycles. The number of alkyl halides is 1. The number of tetrazole rings is 1. The van der Waals surface area contributed by atoms with Crippen LogP contribution in [0.1, 0.15) is 6.92 Å². The van der Waals surface area contributed by atoms with Crippen LogP contribution in [-0.2, 0) is 0 Å². The van der Waals surface area contributed by atoms with Gasteiger partial charge in [0.2, 0.25) is 5.16 Å². The van der Waals surface area contributed by atoms with E-state index in [0.29, 0.717) is 5.92 Å². The van der Waals surface area contributed by atoms with E-state index in [1.165, 1.54) is 0 Å². The zero-order valence-corrected chi connectivity index (χ0v) is 11.9. The van der Waals surface area contributed by atoms with E-state index in [2.05, 4.69) is 38.4 Å². The van der Waals surface area contributed by atoms with Crippen LogP contribution in [0.4, 0.5) is 0 Å². The summed E-state index contributed by atoms with van der Waals surface area (Å²) in [5.74, 6) is 1.60. The number of aromatic nitrogens is 4. The SMILES string of the molecule is CC(CBr)CSc1nnnn1-c1ccccc1. The van der Waals surface area contributed by atoms with Gasteiger partial charge in [0.15, 0.2) is 0 Å². The number of rotatable bonds is 5. The Bertz CT molecular complexity index is 460. The van der Waals surface area contributed by atoms with Gasteiger partial charge in [-0.2, -0.15) is 4.68 Å². The van der Waals surface area contributed by atoms with Crippen LogP contribution >= 0.6 is 27.7 Å². The first-order valence-corrected chi connectivity index (χ1v) is 7.44. The van der Waals surface area contributed by atoms with Crippen molar-refractivity contribution in [3.05, 3.63) is 30.3 Å². The highest BCUT2D eigenvalue weighted by molar-refractivity contribution is 9.09. The van der Waals surface area contributed by atoms with Crippen LogP contribution in [0.2, 0.25) is 0 Å². The standard InChI is InChI=1S/C11H13BrN4S/c1-9(7-12)8-17-11-13-14-15-16(11)10-5-3-2-4-6-10/h2-6,9H,7-8H2,1H3. The van der Waals surface area contributed by atoms with Crippen LogP contribution < -0.4 is 0 Å². The van der Waals surface area contributed by atoms with Crippen molar-refractivity contribution in [3.8, 4) is 5.69 Å². The van der Waals surface area contributed by atoms with E-state index < -0.39 is 0 Å². The summed E-state index contributed by atoms with van der Waals surface area (Å²) in [5, 5.41) is 13.6. The third kappa shape index (κ3) is 3.29. The quantitative estimate of drug-likeness (QED) is 0.629. The third-order valence-electron chi connectivity index (χ3n) is 2.20. The average molecular weight is 313 g/mol. The molecule has 0 spiro atoms. The molecule has 1 unspecified atom stereocenters. The Kier molecular flexibility index (Phi) is 4.56. The number of hydrogen-bond donors (Lipinski definition) is 0. The van der Waals surface area contributed by atoms with Gasteiger partial charge < -0.3 is 0 Å². The van der Waals surface area contributed by atoms with Gasteiger partial charge in [0.05, 0.1) is 5.69 Å². The molecule has 1 atom stereocenters. The molecule has 0 amide bonds. The fourth-order valence-electron chi connectivity index (χ4n) is 1.26. The smallest absolute Gasteiger partial charge is 0.188 e. The monoisotopic (exact) mass is 312 g/mol. The van der Waals surface area contributed by atoms with Gasteiger partial charge in [-0.1, -0.05) is 52.8 Å². The first-order chi connectivity index (χ1) is 8.31. The van der Waals surface area contributed by atoms with Crippen molar-refractivity contribution in [2.75, 3.05) is 11.1 Å². The van der Waals surface area contributed by atoms with Crippen molar-refractivity contribution in [1.82, 2.24) is 20.2 Å². The van der Waals surface area contributed by atoms with Crippen LogP contribution in [0.25, 0.3) is 5.69 Å². The van der Waals surface area contributed by atoms with Gasteiger partial charge in [-0.15, -0.1) is 5.10 Å². The molecule has 2 aromatic rings. The molecule has 17 heavy (non-hydrogen) atoms. The fraction of sp³-hybridized carbons (Fsp3) is 0.364. The van der Waals surface area contributed by atoms with Gasteiger partial charge in [0.1, 0.15) is 0 Å². The van der Waals surface area contributed by atoms with Crippen molar-refractivity contribution >= 4 is 27.7 Å². The van der Waals surface area contributed by atoms with Crippen molar-refractivity contribution in [1.29, 1.82) is 0 Å². The highest BCUT2D eigenvalue weighted by atomic mass is 79.9. The summed E-state index contributed by atoms with van der Waals surface area (Å²) in [6, 6.07) is 9.93. The molecule has 0 aliphatic carbocycles. The van der Waals surface area contributed by atoms with E-state index >= 15 is 0 Å². The Morgan fingerprint density at radius 3 is 2.82 bits per heavy atom. The summed E-state index contributed by atoms with van der Waals surface area (Å²) >= 11 is 5.15. The molecule has 0 saturated heterocycles. The molecular formula is C11H13BrN4S. The molecule has 4 nitrogen and oxygen atoms in total. The Balaban J connectivity index is 2.12. The van der Waals surface area contributed by atoms with Crippen LogP contribution in [-0.4, -0.2) is 31.3 Å². The highest BCUT2D eigenvalue weighted by Gasteiger charge is 2.10. The summed E-state index contributed by atoms with van der Waals surface area (Å²) in [5.41, 5.74) is 0.992. The molecular weight excluding hydrogens is 300 g/mol. The summed E-state index contributed by atoms with van der Waals surface area (Å²) in [7, 11) is 0. The summed E-state index contributed by atoms with van der Waals surface area (Å²) in [4.78, 5) is 0. The molecule has 6 heteroatoms. The molecule has 0 N–H and O–H groups in total. The molecule has 1 aromatic carbocycles. The maximum Gasteiger partial charge on any atom is 0.214 e. The van der Waals surface area contributed by atoms with Crippen molar-refractivity contribution in [2.45, 2.75) is 12.1 Å². The highest BCUT2D eigenvalue weighted by Crippen LogP contribution is 2.20. The zero-order chi connectivity index (χ0) is 12.1. The minimum absolute atomic E-state index is 0.598. The zero-order valence-electron chi connectivity index (χ0n) is 9.45. The maximum absolute atomic E-state index is 4.05. The normalized spacial score (nSPS) is 12.6. The second-order valence-electron chi connectivity index (χ2n) is 3.78. The Morgan fingerprint density at radius 2 is 2.12 bits per heavy atom. The predicted octanol–water partition coefficient (Wildman–Crippen LogP) is 2.79. The number of thioether (sulfide) groups is 1. The number of para-hydroxylation sites is 1. The Labute approximate surface area is 113 Å². The van der Waals surface area contributed by atoms with Crippen molar-refractivity contribution in [3.63, 3.8) is 0 Å². The lowest BCUT2D eigenvalue weighted by Gasteiger charge is -2.06. The number of benzene rings is 1. The maximum atomic E-state index is 4.05. The van der Waals surface area contributed by atoms with Crippen LogP contribution in [0.5, 0.6) is 0 Å². The van der Waals surface area contributed by atoms with Gasteiger partial charge in [0.25, 0.3) is 0 Å². The third-order valence-corrected chi connectivity index (χ3v) is 4.56. The van der Waals surface area contributed by atoms with Gasteiger partial charge in [0, 0.05) is 11.1 Å². The number of nitrogens with zero attached hydrogens (tertiary/aromatic N) is 4. The molecule has 0 bridgehead atoms. The summed E-state index contributed by atoms with van der Waals surface area (Å²) < 4.78 is 1.77. The average Bonchev–Trinajstić information content (AvgIpc) is 2.85. The minimum atomic E-state index is 0.598. The van der Waals surface area contributed by atoms with E-state index in [1.807, 2.05) is 30.3 Å². The van der Waals surface area contributed by atoms with E-state index in [1.54, 1.807) is 16.4 Å². The van der Waals surface area contributed by atoms with E-state index in [0.717, 1.165) is 21.9 Å². The van der Waals surface area contributed by atoms with Gasteiger partial charge >= 0.3 is 0 Å². The topological polar surface area (TPSA) is 43.6 Å². The lowest BCUT2D eigenvalue weighted by molar-refractivity contribution is 0.745. The largest absolute Gasteiger partial charge is 0.214 e. The second kappa shape index (κ2) is 6.16. The Morgan fingerprint density at radius 1 is 1.35 bits per heavy atom. The van der Waals surface area contributed by atoms with E-state index in [9.17, 15) is 0 Å². The lowest BCUT2D eigenvalue weighted by Crippen LogP contribution is -2.03. The molecule has 0 fully saturated rings. The molecule has 1 aromatic heterocycles. The van der Waals surface area contributed by atoms with Gasteiger partial charge in [-0.05, 0) is 28.5 Å². The minimum Gasteiger partial charge on any atom is -0.188 e. The van der Waals surface area contributed by atoms with Crippen LogP contribution in [0, 0.1) is 5.92 Å². The molecule has 0 aliphatic heterocycles. The molecule has 0 radical (unpaired) electrons. The van der Waals surface area contributed by atoms with Gasteiger partial charge in [-0.3, -0.25) is 0 Å². The van der Waals surface area contributed by atoms with Gasteiger partial charge in [-0.25, -0.2) is 0 Å².